The van der Waals surface area contributed by atoms with Crippen LogP contribution in [0.5, 0.6) is 0 Å². The van der Waals surface area contributed by atoms with E-state index in [9.17, 15) is 0 Å². The molecule has 0 N–H and O–H groups in total. The summed E-state index contributed by atoms with van der Waals surface area (Å²) in [7, 11) is 0. The molecule has 216 valence electrons. The molecule has 2 aromatic heterocycles. The summed E-state index contributed by atoms with van der Waals surface area (Å²) in [5.74, 6) is 0.614. The first-order valence-electron chi connectivity index (χ1n) is 15.5. The second-order valence-electron chi connectivity index (χ2n) is 11.6. The summed E-state index contributed by atoms with van der Waals surface area (Å²) < 4.78 is 8.92. The van der Waals surface area contributed by atoms with Crippen molar-refractivity contribution in [1.82, 2.24) is 9.55 Å². The van der Waals surface area contributed by atoms with Crippen LogP contribution in [0.3, 0.4) is 0 Å². The second kappa shape index (κ2) is 10.8. The van der Waals surface area contributed by atoms with Gasteiger partial charge < -0.3 is 8.98 Å². The van der Waals surface area contributed by atoms with Gasteiger partial charge in [-0.15, -0.1) is 0 Å². The van der Waals surface area contributed by atoms with Gasteiger partial charge in [0.1, 0.15) is 5.52 Å². The number of nitrogens with zero attached hydrogens (tertiary/aromatic N) is 2. The number of oxazole rings is 1. The van der Waals surface area contributed by atoms with Gasteiger partial charge in [-0.2, -0.15) is 0 Å². The third-order valence-corrected chi connectivity index (χ3v) is 8.82. The van der Waals surface area contributed by atoms with Gasteiger partial charge in [-0.05, 0) is 82.4 Å². The number of fused-ring (bicyclic) bond motifs is 4. The van der Waals surface area contributed by atoms with Crippen LogP contribution in [-0.4, -0.2) is 9.55 Å². The molecule has 0 aliphatic carbocycles. The Kier molecular flexibility index (Phi) is 6.14. The maximum absolute atomic E-state index is 6.57. The van der Waals surface area contributed by atoms with Gasteiger partial charge >= 0.3 is 0 Å². The molecule has 0 radical (unpaired) electrons. The predicted molar refractivity (Wildman–Crippen MR) is 190 cm³/mol. The van der Waals surface area contributed by atoms with Crippen LogP contribution in [0.2, 0.25) is 0 Å². The summed E-state index contributed by atoms with van der Waals surface area (Å²) in [6.07, 6.45) is 0. The van der Waals surface area contributed by atoms with Gasteiger partial charge in [0.25, 0.3) is 0 Å². The highest BCUT2D eigenvalue weighted by molar-refractivity contribution is 6.10. The Morgan fingerprint density at radius 3 is 1.85 bits per heavy atom. The molecule has 0 fully saturated rings. The first kappa shape index (κ1) is 26.2. The number of para-hydroxylation sites is 2. The molecule has 2 heterocycles. The average molecular weight is 589 g/mol. The van der Waals surface area contributed by atoms with Crippen LogP contribution in [0.4, 0.5) is 0 Å². The molecule has 3 heteroatoms. The van der Waals surface area contributed by atoms with E-state index in [-0.39, 0.29) is 0 Å². The lowest BCUT2D eigenvalue weighted by atomic mass is 9.96. The van der Waals surface area contributed by atoms with E-state index in [4.69, 9.17) is 9.40 Å². The van der Waals surface area contributed by atoms with E-state index in [0.717, 1.165) is 55.7 Å². The van der Waals surface area contributed by atoms with Crippen molar-refractivity contribution in [2.45, 2.75) is 0 Å². The molecule has 0 aliphatic rings. The third kappa shape index (κ3) is 4.41. The molecule has 3 nitrogen and oxygen atoms in total. The van der Waals surface area contributed by atoms with Crippen LogP contribution in [0.15, 0.2) is 174 Å². The molecule has 0 amide bonds. The van der Waals surface area contributed by atoms with E-state index >= 15 is 0 Å². The largest absolute Gasteiger partial charge is 0.436 e. The van der Waals surface area contributed by atoms with E-state index in [1.54, 1.807) is 0 Å². The molecular formula is C43H28N2O. The van der Waals surface area contributed by atoms with Crippen molar-refractivity contribution in [2.24, 2.45) is 0 Å². The monoisotopic (exact) mass is 588 g/mol. The number of rotatable bonds is 5. The fourth-order valence-corrected chi connectivity index (χ4v) is 6.63. The topological polar surface area (TPSA) is 31.0 Å². The van der Waals surface area contributed by atoms with Crippen molar-refractivity contribution >= 4 is 32.9 Å². The first-order chi connectivity index (χ1) is 22.8. The normalized spacial score (nSPS) is 11.5. The average Bonchev–Trinajstić information content (AvgIpc) is 3.72. The molecule has 9 rings (SSSR count). The van der Waals surface area contributed by atoms with Crippen LogP contribution in [0, 0.1) is 0 Å². The Bertz CT molecular complexity index is 2510. The van der Waals surface area contributed by atoms with Crippen LogP contribution in [0.25, 0.3) is 83.4 Å². The van der Waals surface area contributed by atoms with Crippen LogP contribution >= 0.6 is 0 Å². The summed E-state index contributed by atoms with van der Waals surface area (Å²) >= 11 is 0. The zero-order valence-corrected chi connectivity index (χ0v) is 25.0. The summed E-state index contributed by atoms with van der Waals surface area (Å²) in [5, 5.41) is 2.45. The second-order valence-corrected chi connectivity index (χ2v) is 11.6. The summed E-state index contributed by atoms with van der Waals surface area (Å²) in [4.78, 5) is 5.09. The van der Waals surface area contributed by atoms with Crippen molar-refractivity contribution < 1.29 is 4.42 Å². The van der Waals surface area contributed by atoms with E-state index in [2.05, 4.69) is 162 Å². The smallest absolute Gasteiger partial charge is 0.227 e. The van der Waals surface area contributed by atoms with Crippen LogP contribution in [0.1, 0.15) is 0 Å². The number of hydrogen-bond acceptors (Lipinski definition) is 2. The van der Waals surface area contributed by atoms with Crippen molar-refractivity contribution in [3.05, 3.63) is 170 Å². The lowest BCUT2D eigenvalue weighted by Crippen LogP contribution is -1.92. The van der Waals surface area contributed by atoms with Crippen molar-refractivity contribution in [3.63, 3.8) is 0 Å². The number of aromatic nitrogens is 2. The third-order valence-electron chi connectivity index (χ3n) is 8.82. The molecular weight excluding hydrogens is 560 g/mol. The number of benzene rings is 7. The highest BCUT2D eigenvalue weighted by atomic mass is 16.3. The summed E-state index contributed by atoms with van der Waals surface area (Å²) in [6, 6.07) is 59.7. The molecule has 0 atom stereocenters. The molecule has 7 aromatic carbocycles. The van der Waals surface area contributed by atoms with Gasteiger partial charge in [0, 0.05) is 27.6 Å². The van der Waals surface area contributed by atoms with Gasteiger partial charge in [0.2, 0.25) is 5.89 Å². The minimum atomic E-state index is 0.614. The van der Waals surface area contributed by atoms with E-state index in [1.165, 1.54) is 21.8 Å². The molecule has 9 aromatic rings. The standard InChI is InChI=1S/C43H28N2O/c1-4-13-29(14-5-1)31-17-12-18-33(25-31)43-44-42-37(30-15-6-2-7-16-30)27-34(28-41(42)46-43)32-23-24-40-38(26-32)36-21-10-11-22-39(36)45(40)35-19-8-3-9-20-35/h1-28H. The van der Waals surface area contributed by atoms with Crippen LogP contribution < -0.4 is 0 Å². The Hall–Kier alpha value is -6.19. The van der Waals surface area contributed by atoms with Gasteiger partial charge in [-0.1, -0.05) is 115 Å². The number of hydrogen-bond donors (Lipinski definition) is 0. The minimum Gasteiger partial charge on any atom is -0.436 e. The summed E-state index contributed by atoms with van der Waals surface area (Å²) in [5.41, 5.74) is 12.8. The van der Waals surface area contributed by atoms with Gasteiger partial charge in [0.05, 0.1) is 11.0 Å². The summed E-state index contributed by atoms with van der Waals surface area (Å²) in [6.45, 7) is 0. The molecule has 0 unspecified atom stereocenters. The highest BCUT2D eigenvalue weighted by Crippen LogP contribution is 2.39. The van der Waals surface area contributed by atoms with Crippen molar-refractivity contribution in [3.8, 4) is 50.5 Å². The van der Waals surface area contributed by atoms with E-state index in [1.807, 2.05) is 12.1 Å². The van der Waals surface area contributed by atoms with Crippen LogP contribution in [-0.2, 0) is 0 Å². The predicted octanol–water partition coefficient (Wildman–Crippen LogP) is 11.6. The zero-order chi connectivity index (χ0) is 30.5. The van der Waals surface area contributed by atoms with Crippen molar-refractivity contribution in [1.29, 1.82) is 0 Å². The zero-order valence-electron chi connectivity index (χ0n) is 25.0. The molecule has 0 saturated heterocycles. The van der Waals surface area contributed by atoms with Gasteiger partial charge in [-0.25, -0.2) is 4.98 Å². The maximum atomic E-state index is 6.57. The van der Waals surface area contributed by atoms with Crippen molar-refractivity contribution in [2.75, 3.05) is 0 Å². The Morgan fingerprint density at radius 1 is 0.413 bits per heavy atom. The molecule has 0 spiro atoms. The molecule has 0 saturated carbocycles. The molecule has 46 heavy (non-hydrogen) atoms. The lowest BCUT2D eigenvalue weighted by Gasteiger charge is -2.09. The fourth-order valence-electron chi connectivity index (χ4n) is 6.63. The quantitative estimate of drug-likeness (QED) is 0.200. The lowest BCUT2D eigenvalue weighted by molar-refractivity contribution is 0.620. The van der Waals surface area contributed by atoms with E-state index < -0.39 is 0 Å². The van der Waals surface area contributed by atoms with Gasteiger partial charge in [0.15, 0.2) is 5.58 Å². The fraction of sp³-hybridized carbons (Fsp3) is 0. The maximum Gasteiger partial charge on any atom is 0.227 e. The SMILES string of the molecule is c1ccc(-c2cccc(-c3nc4c(-c5ccccc5)cc(-c5ccc6c(c5)c5ccccc5n6-c5ccccc5)cc4o3)c2)cc1. The highest BCUT2D eigenvalue weighted by Gasteiger charge is 2.18. The van der Waals surface area contributed by atoms with Gasteiger partial charge in [-0.3, -0.25) is 0 Å². The Balaban J connectivity index is 1.23. The Labute approximate surface area is 266 Å². The molecule has 0 aliphatic heterocycles. The Morgan fingerprint density at radius 2 is 1.04 bits per heavy atom. The minimum absolute atomic E-state index is 0.614. The first-order valence-corrected chi connectivity index (χ1v) is 15.5. The van der Waals surface area contributed by atoms with E-state index in [0.29, 0.717) is 5.89 Å². The molecule has 0 bridgehead atoms.